The maximum Gasteiger partial charge on any atom is 0.488 e. The standard InChI is InChI=1S/C16H14BNO4/c1-21-14-4-2-3-5-15(14)22-16-9-6-11-10-12(17(19)20)7-8-13(11)18-16/h2-10,19-20H,1H3. The molecule has 0 spiro atoms. The third-order valence-electron chi connectivity index (χ3n) is 3.27. The quantitative estimate of drug-likeness (QED) is 0.717. The summed E-state index contributed by atoms with van der Waals surface area (Å²) < 4.78 is 11.0. The number of pyridine rings is 1. The van der Waals surface area contributed by atoms with Gasteiger partial charge < -0.3 is 19.5 Å². The van der Waals surface area contributed by atoms with Gasteiger partial charge in [0.05, 0.1) is 12.6 Å². The molecule has 0 unspecified atom stereocenters. The van der Waals surface area contributed by atoms with Crippen molar-refractivity contribution in [2.75, 3.05) is 7.11 Å². The van der Waals surface area contributed by atoms with E-state index in [0.717, 1.165) is 5.39 Å². The lowest BCUT2D eigenvalue weighted by Crippen LogP contribution is -2.29. The molecule has 0 atom stereocenters. The molecule has 0 aliphatic heterocycles. The minimum absolute atomic E-state index is 0.424. The summed E-state index contributed by atoms with van der Waals surface area (Å²) in [5.74, 6) is 1.65. The lowest BCUT2D eigenvalue weighted by molar-refractivity contribution is 0.374. The Balaban J connectivity index is 1.94. The van der Waals surface area contributed by atoms with Crippen molar-refractivity contribution in [3.63, 3.8) is 0 Å². The maximum atomic E-state index is 9.19. The van der Waals surface area contributed by atoms with Gasteiger partial charge in [-0.2, -0.15) is 0 Å². The normalized spacial score (nSPS) is 10.5. The zero-order chi connectivity index (χ0) is 15.5. The van der Waals surface area contributed by atoms with Crippen molar-refractivity contribution in [2.45, 2.75) is 0 Å². The first-order chi connectivity index (χ1) is 10.7. The molecule has 5 nitrogen and oxygen atoms in total. The molecule has 0 fully saturated rings. The van der Waals surface area contributed by atoms with E-state index in [9.17, 15) is 10.0 Å². The Kier molecular flexibility index (Phi) is 3.95. The average Bonchev–Trinajstić information content (AvgIpc) is 2.54. The van der Waals surface area contributed by atoms with Gasteiger partial charge in [0.15, 0.2) is 11.5 Å². The van der Waals surface area contributed by atoms with Gasteiger partial charge >= 0.3 is 7.12 Å². The minimum atomic E-state index is -1.49. The van der Waals surface area contributed by atoms with Crippen LogP contribution in [0.25, 0.3) is 10.9 Å². The molecule has 3 aromatic rings. The molecule has 0 aliphatic rings. The number of methoxy groups -OCH3 is 1. The summed E-state index contributed by atoms with van der Waals surface area (Å²) >= 11 is 0. The van der Waals surface area contributed by atoms with Crippen LogP contribution in [0.2, 0.25) is 0 Å². The number of hydrogen-bond acceptors (Lipinski definition) is 5. The summed E-state index contributed by atoms with van der Waals surface area (Å²) in [7, 11) is 0.0893. The van der Waals surface area contributed by atoms with Crippen LogP contribution in [0.5, 0.6) is 17.4 Å². The Hall–Kier alpha value is -2.57. The van der Waals surface area contributed by atoms with Gasteiger partial charge in [-0.05, 0) is 29.7 Å². The van der Waals surface area contributed by atoms with Crippen LogP contribution in [0, 0.1) is 0 Å². The van der Waals surface area contributed by atoms with Gasteiger partial charge in [-0.25, -0.2) is 4.98 Å². The van der Waals surface area contributed by atoms with E-state index >= 15 is 0 Å². The van der Waals surface area contributed by atoms with Crippen LogP contribution in [0.15, 0.2) is 54.6 Å². The number of hydrogen-bond donors (Lipinski definition) is 2. The maximum absolute atomic E-state index is 9.19. The fourth-order valence-corrected chi connectivity index (χ4v) is 2.16. The molecule has 0 saturated heterocycles. The summed E-state index contributed by atoms with van der Waals surface area (Å²) in [5.41, 5.74) is 1.13. The van der Waals surface area contributed by atoms with Crippen molar-refractivity contribution in [2.24, 2.45) is 0 Å². The van der Waals surface area contributed by atoms with Gasteiger partial charge in [0.25, 0.3) is 0 Å². The number of benzene rings is 2. The largest absolute Gasteiger partial charge is 0.493 e. The fourth-order valence-electron chi connectivity index (χ4n) is 2.16. The van der Waals surface area contributed by atoms with E-state index in [1.165, 1.54) is 0 Å². The molecule has 2 N–H and O–H groups in total. The van der Waals surface area contributed by atoms with Crippen LogP contribution >= 0.6 is 0 Å². The summed E-state index contributed by atoms with van der Waals surface area (Å²) in [6.07, 6.45) is 0. The van der Waals surface area contributed by atoms with Crippen LogP contribution < -0.4 is 14.9 Å². The second-order valence-corrected chi connectivity index (χ2v) is 4.73. The smallest absolute Gasteiger partial charge is 0.488 e. The van der Waals surface area contributed by atoms with Gasteiger partial charge in [-0.15, -0.1) is 0 Å². The van der Waals surface area contributed by atoms with Crippen molar-refractivity contribution >= 4 is 23.5 Å². The zero-order valence-electron chi connectivity index (χ0n) is 11.9. The Morgan fingerprint density at radius 2 is 1.73 bits per heavy atom. The van der Waals surface area contributed by atoms with E-state index in [1.54, 1.807) is 37.4 Å². The van der Waals surface area contributed by atoms with E-state index in [2.05, 4.69) is 4.98 Å². The molecule has 110 valence electrons. The third-order valence-corrected chi connectivity index (χ3v) is 3.27. The van der Waals surface area contributed by atoms with Gasteiger partial charge in [0.1, 0.15) is 0 Å². The number of para-hydroxylation sites is 2. The topological polar surface area (TPSA) is 71.8 Å². The lowest BCUT2D eigenvalue weighted by Gasteiger charge is -2.10. The molecular formula is C16H14BNO4. The van der Waals surface area contributed by atoms with Crippen molar-refractivity contribution < 1.29 is 19.5 Å². The molecule has 0 aliphatic carbocycles. The number of fused-ring (bicyclic) bond motifs is 1. The Labute approximate surface area is 127 Å². The van der Waals surface area contributed by atoms with E-state index < -0.39 is 7.12 Å². The van der Waals surface area contributed by atoms with Crippen LogP contribution in [0.1, 0.15) is 0 Å². The van der Waals surface area contributed by atoms with E-state index in [4.69, 9.17) is 9.47 Å². The second kappa shape index (κ2) is 6.05. The van der Waals surface area contributed by atoms with Gasteiger partial charge in [-0.1, -0.05) is 24.3 Å². The molecule has 0 amide bonds. The van der Waals surface area contributed by atoms with Crippen LogP contribution in [0.3, 0.4) is 0 Å². The number of nitrogens with zero attached hydrogens (tertiary/aromatic N) is 1. The van der Waals surface area contributed by atoms with Crippen LogP contribution in [-0.2, 0) is 0 Å². The summed E-state index contributed by atoms with van der Waals surface area (Å²) in [6, 6.07) is 15.9. The first-order valence-corrected chi connectivity index (χ1v) is 6.75. The first kappa shape index (κ1) is 14.4. The molecule has 1 heterocycles. The Morgan fingerprint density at radius 3 is 2.45 bits per heavy atom. The van der Waals surface area contributed by atoms with Gasteiger partial charge in [0.2, 0.25) is 5.88 Å². The highest BCUT2D eigenvalue weighted by molar-refractivity contribution is 6.58. The lowest BCUT2D eigenvalue weighted by atomic mass is 9.80. The minimum Gasteiger partial charge on any atom is -0.493 e. The number of aromatic nitrogens is 1. The highest BCUT2D eigenvalue weighted by atomic mass is 16.5. The SMILES string of the molecule is COc1ccccc1Oc1ccc2cc(B(O)O)ccc2n1. The van der Waals surface area contributed by atoms with Crippen molar-refractivity contribution in [3.8, 4) is 17.4 Å². The monoisotopic (exact) mass is 295 g/mol. The molecule has 0 saturated carbocycles. The number of ether oxygens (including phenoxy) is 2. The molecule has 2 aromatic carbocycles. The Bertz CT molecular complexity index is 807. The second-order valence-electron chi connectivity index (χ2n) is 4.73. The molecule has 0 radical (unpaired) electrons. The third kappa shape index (κ3) is 2.88. The highest BCUT2D eigenvalue weighted by Gasteiger charge is 2.12. The molecule has 22 heavy (non-hydrogen) atoms. The zero-order valence-corrected chi connectivity index (χ0v) is 11.9. The van der Waals surface area contributed by atoms with Crippen molar-refractivity contribution in [3.05, 3.63) is 54.6 Å². The van der Waals surface area contributed by atoms with E-state index in [-0.39, 0.29) is 0 Å². The van der Waals surface area contributed by atoms with Crippen molar-refractivity contribution in [1.82, 2.24) is 4.98 Å². The number of rotatable bonds is 4. The molecule has 3 rings (SSSR count). The summed E-state index contributed by atoms with van der Waals surface area (Å²) in [6.45, 7) is 0. The molecule has 0 bridgehead atoms. The molecule has 6 heteroatoms. The van der Waals surface area contributed by atoms with Gasteiger partial charge in [-0.3, -0.25) is 0 Å². The molecular weight excluding hydrogens is 281 g/mol. The predicted octanol–water partition coefficient (Wildman–Crippen LogP) is 1.72. The highest BCUT2D eigenvalue weighted by Crippen LogP contribution is 2.30. The Morgan fingerprint density at radius 1 is 0.955 bits per heavy atom. The summed E-state index contributed by atoms with van der Waals surface area (Å²) in [5, 5.41) is 19.2. The fraction of sp³-hybridized carbons (Fsp3) is 0.0625. The van der Waals surface area contributed by atoms with Crippen molar-refractivity contribution in [1.29, 1.82) is 0 Å². The molecule has 1 aromatic heterocycles. The van der Waals surface area contributed by atoms with Gasteiger partial charge in [0, 0.05) is 11.5 Å². The van der Waals surface area contributed by atoms with Crippen LogP contribution in [0.4, 0.5) is 0 Å². The van der Waals surface area contributed by atoms with Crippen LogP contribution in [-0.4, -0.2) is 29.3 Å². The first-order valence-electron chi connectivity index (χ1n) is 6.75. The summed E-state index contributed by atoms with van der Waals surface area (Å²) in [4.78, 5) is 4.41. The average molecular weight is 295 g/mol. The van der Waals surface area contributed by atoms with E-state index in [1.807, 2.05) is 24.3 Å². The predicted molar refractivity (Wildman–Crippen MR) is 84.6 cm³/mol. The van der Waals surface area contributed by atoms with E-state index in [0.29, 0.717) is 28.4 Å².